The summed E-state index contributed by atoms with van der Waals surface area (Å²) < 4.78 is 0. The van der Waals surface area contributed by atoms with Crippen LogP contribution in [-0.4, -0.2) is 29.6 Å². The number of non-ortho nitro benzene ring substituents is 1. The van der Waals surface area contributed by atoms with E-state index in [4.69, 9.17) is 11.5 Å². The van der Waals surface area contributed by atoms with Gasteiger partial charge in [-0.2, -0.15) is 0 Å². The molecule has 1 heterocycles. The van der Waals surface area contributed by atoms with Crippen molar-refractivity contribution < 1.29 is 4.92 Å². The van der Waals surface area contributed by atoms with Crippen molar-refractivity contribution in [3.8, 4) is 0 Å². The van der Waals surface area contributed by atoms with Gasteiger partial charge in [-0.1, -0.05) is 12.8 Å². The number of hydrogen-bond donors (Lipinski definition) is 2. The van der Waals surface area contributed by atoms with Gasteiger partial charge < -0.3 is 16.4 Å². The molecule has 1 unspecified atom stereocenters. The first kappa shape index (κ1) is 17.2. The monoisotopic (exact) mass is 332 g/mol. The number of benzene rings is 1. The van der Waals surface area contributed by atoms with Crippen LogP contribution in [0.3, 0.4) is 0 Å². The zero-order valence-electron chi connectivity index (χ0n) is 14.2. The SMILES string of the molecule is N[C@@H]1CCCC[C@@]1(N)C1CCCN(c2ccc([N+](=O)[O-])cc2)CC1. The third kappa shape index (κ3) is 3.39. The highest BCUT2D eigenvalue weighted by atomic mass is 16.6. The fraction of sp³-hybridized carbons (Fsp3) is 0.667. The van der Waals surface area contributed by atoms with Gasteiger partial charge in [-0.25, -0.2) is 0 Å². The molecular formula is C18H28N4O2. The molecule has 0 bridgehead atoms. The summed E-state index contributed by atoms with van der Waals surface area (Å²) in [5.74, 6) is 0.468. The van der Waals surface area contributed by atoms with Gasteiger partial charge in [0.05, 0.1) is 4.92 Å². The molecule has 0 spiro atoms. The quantitative estimate of drug-likeness (QED) is 0.655. The fourth-order valence-corrected chi connectivity index (χ4v) is 4.43. The van der Waals surface area contributed by atoms with Crippen LogP contribution in [0.25, 0.3) is 0 Å². The number of rotatable bonds is 3. The average Bonchev–Trinajstić information content (AvgIpc) is 2.84. The molecular weight excluding hydrogens is 304 g/mol. The summed E-state index contributed by atoms with van der Waals surface area (Å²) in [6, 6.07) is 6.98. The van der Waals surface area contributed by atoms with E-state index in [0.717, 1.165) is 50.9 Å². The molecule has 6 heteroatoms. The Hall–Kier alpha value is -1.66. The molecule has 1 aliphatic carbocycles. The Labute approximate surface area is 143 Å². The van der Waals surface area contributed by atoms with Gasteiger partial charge >= 0.3 is 0 Å². The Bertz CT molecular complexity index is 577. The van der Waals surface area contributed by atoms with Crippen molar-refractivity contribution in [3.63, 3.8) is 0 Å². The lowest BCUT2D eigenvalue weighted by Gasteiger charge is -2.45. The van der Waals surface area contributed by atoms with E-state index in [-0.39, 0.29) is 22.2 Å². The van der Waals surface area contributed by atoms with Crippen LogP contribution in [0.1, 0.15) is 44.9 Å². The van der Waals surface area contributed by atoms with Gasteiger partial charge in [0.15, 0.2) is 0 Å². The molecule has 3 atom stereocenters. The molecule has 2 aliphatic rings. The normalized spacial score (nSPS) is 31.5. The molecule has 4 N–H and O–H groups in total. The maximum Gasteiger partial charge on any atom is 0.269 e. The van der Waals surface area contributed by atoms with Crippen LogP contribution in [0.2, 0.25) is 0 Å². The number of nitrogens with zero attached hydrogens (tertiary/aromatic N) is 2. The molecule has 3 rings (SSSR count). The van der Waals surface area contributed by atoms with Crippen molar-refractivity contribution in [1.82, 2.24) is 0 Å². The summed E-state index contributed by atoms with van der Waals surface area (Å²) in [5, 5.41) is 10.8. The largest absolute Gasteiger partial charge is 0.372 e. The topological polar surface area (TPSA) is 98.4 Å². The molecule has 1 saturated carbocycles. The minimum atomic E-state index is -0.356. The Morgan fingerprint density at radius 1 is 1.08 bits per heavy atom. The number of hydrogen-bond acceptors (Lipinski definition) is 5. The van der Waals surface area contributed by atoms with Crippen molar-refractivity contribution in [2.45, 2.75) is 56.5 Å². The molecule has 1 aromatic carbocycles. The first-order chi connectivity index (χ1) is 11.5. The molecule has 0 radical (unpaired) electrons. The van der Waals surface area contributed by atoms with Gasteiger partial charge in [0.25, 0.3) is 5.69 Å². The lowest BCUT2D eigenvalue weighted by molar-refractivity contribution is -0.384. The maximum atomic E-state index is 10.8. The van der Waals surface area contributed by atoms with E-state index in [9.17, 15) is 10.1 Å². The molecule has 0 amide bonds. The molecule has 1 saturated heterocycles. The van der Waals surface area contributed by atoms with Crippen molar-refractivity contribution in [3.05, 3.63) is 34.4 Å². The maximum absolute atomic E-state index is 10.8. The molecule has 1 aliphatic heterocycles. The number of nitro benzene ring substituents is 1. The lowest BCUT2D eigenvalue weighted by Crippen LogP contribution is -2.61. The Kier molecular flexibility index (Phi) is 5.06. The fourth-order valence-electron chi connectivity index (χ4n) is 4.43. The van der Waals surface area contributed by atoms with E-state index in [1.165, 1.54) is 12.8 Å². The highest BCUT2D eigenvalue weighted by Crippen LogP contribution is 2.37. The first-order valence-electron chi connectivity index (χ1n) is 9.04. The highest BCUT2D eigenvalue weighted by Gasteiger charge is 2.42. The van der Waals surface area contributed by atoms with Gasteiger partial charge in [-0.3, -0.25) is 10.1 Å². The summed E-state index contributed by atoms with van der Waals surface area (Å²) >= 11 is 0. The summed E-state index contributed by atoms with van der Waals surface area (Å²) in [6.45, 7) is 1.91. The molecule has 6 nitrogen and oxygen atoms in total. The Morgan fingerprint density at radius 2 is 1.83 bits per heavy atom. The summed E-state index contributed by atoms with van der Waals surface area (Å²) in [6.07, 6.45) is 7.71. The smallest absolute Gasteiger partial charge is 0.269 e. The molecule has 0 aromatic heterocycles. The lowest BCUT2D eigenvalue weighted by atomic mass is 9.68. The minimum Gasteiger partial charge on any atom is -0.372 e. The summed E-state index contributed by atoms with van der Waals surface area (Å²) in [7, 11) is 0. The third-order valence-corrected chi connectivity index (χ3v) is 5.98. The van der Waals surface area contributed by atoms with E-state index < -0.39 is 0 Å². The van der Waals surface area contributed by atoms with Gasteiger partial charge in [0.1, 0.15) is 0 Å². The third-order valence-electron chi connectivity index (χ3n) is 5.98. The van der Waals surface area contributed by atoms with Crippen molar-refractivity contribution in [2.75, 3.05) is 18.0 Å². The summed E-state index contributed by atoms with van der Waals surface area (Å²) in [5.41, 5.74) is 14.1. The van der Waals surface area contributed by atoms with Crippen LogP contribution < -0.4 is 16.4 Å². The molecule has 2 fully saturated rings. The van der Waals surface area contributed by atoms with E-state index in [0.29, 0.717) is 5.92 Å². The van der Waals surface area contributed by atoms with Crippen molar-refractivity contribution in [1.29, 1.82) is 0 Å². The second-order valence-corrected chi connectivity index (χ2v) is 7.35. The van der Waals surface area contributed by atoms with E-state index in [1.54, 1.807) is 12.1 Å². The summed E-state index contributed by atoms with van der Waals surface area (Å²) in [4.78, 5) is 12.8. The van der Waals surface area contributed by atoms with Crippen LogP contribution in [0.5, 0.6) is 0 Å². The van der Waals surface area contributed by atoms with Crippen LogP contribution in [0, 0.1) is 16.0 Å². The number of anilines is 1. The van der Waals surface area contributed by atoms with Gasteiger partial charge in [0.2, 0.25) is 0 Å². The molecule has 24 heavy (non-hydrogen) atoms. The van der Waals surface area contributed by atoms with Crippen molar-refractivity contribution in [2.24, 2.45) is 17.4 Å². The highest BCUT2D eigenvalue weighted by molar-refractivity contribution is 5.51. The Morgan fingerprint density at radius 3 is 2.50 bits per heavy atom. The molecule has 132 valence electrons. The van der Waals surface area contributed by atoms with Crippen LogP contribution in [0.4, 0.5) is 11.4 Å². The van der Waals surface area contributed by atoms with Gasteiger partial charge in [-0.15, -0.1) is 0 Å². The van der Waals surface area contributed by atoms with Gasteiger partial charge in [0, 0.05) is 42.5 Å². The van der Waals surface area contributed by atoms with Crippen molar-refractivity contribution >= 4 is 11.4 Å². The first-order valence-corrected chi connectivity index (χ1v) is 9.04. The van der Waals surface area contributed by atoms with E-state index >= 15 is 0 Å². The standard InChI is InChI=1S/C18H28N4O2/c19-17-5-1-2-11-18(17,20)14-4-3-12-21(13-10-14)15-6-8-16(9-7-15)22(23)24/h6-9,14,17H,1-5,10-13,19-20H2/t14?,17-,18-/m1/s1. The Balaban J connectivity index is 1.67. The van der Waals surface area contributed by atoms with Gasteiger partial charge in [-0.05, 0) is 50.2 Å². The predicted octanol–water partition coefficient (Wildman–Crippen LogP) is 2.80. The second-order valence-electron chi connectivity index (χ2n) is 7.35. The van der Waals surface area contributed by atoms with Crippen LogP contribution >= 0.6 is 0 Å². The zero-order valence-corrected chi connectivity index (χ0v) is 14.2. The predicted molar refractivity (Wildman–Crippen MR) is 96.0 cm³/mol. The van der Waals surface area contributed by atoms with Crippen LogP contribution in [-0.2, 0) is 0 Å². The zero-order chi connectivity index (χ0) is 17.2. The minimum absolute atomic E-state index is 0.113. The van der Waals surface area contributed by atoms with E-state index in [2.05, 4.69) is 4.90 Å². The second kappa shape index (κ2) is 7.07. The molecule has 1 aromatic rings. The van der Waals surface area contributed by atoms with E-state index in [1.807, 2.05) is 12.1 Å². The number of nitrogens with two attached hydrogens (primary N) is 2. The average molecular weight is 332 g/mol. The number of nitro groups is 1. The van der Waals surface area contributed by atoms with Crippen LogP contribution in [0.15, 0.2) is 24.3 Å².